The third-order valence-corrected chi connectivity index (χ3v) is 3.77. The van der Waals surface area contributed by atoms with Gasteiger partial charge < -0.3 is 10.3 Å². The highest BCUT2D eigenvalue weighted by atomic mass is 79.9. The lowest BCUT2D eigenvalue weighted by atomic mass is 10.0. The van der Waals surface area contributed by atoms with Gasteiger partial charge in [0.1, 0.15) is 0 Å². The van der Waals surface area contributed by atoms with Crippen molar-refractivity contribution >= 4 is 15.9 Å². The van der Waals surface area contributed by atoms with Crippen LogP contribution in [-0.4, -0.2) is 10.1 Å². The van der Waals surface area contributed by atoms with Crippen LogP contribution in [0.4, 0.5) is 0 Å². The zero-order chi connectivity index (χ0) is 14.0. The molecule has 2 rings (SSSR count). The van der Waals surface area contributed by atoms with Gasteiger partial charge in [-0.3, -0.25) is 0 Å². The minimum atomic E-state index is -0.199. The first kappa shape index (κ1) is 14.2. The van der Waals surface area contributed by atoms with Crippen LogP contribution in [0.25, 0.3) is 11.4 Å². The van der Waals surface area contributed by atoms with Crippen LogP contribution in [0.3, 0.4) is 0 Å². The Morgan fingerprint density at radius 1 is 1.37 bits per heavy atom. The quantitative estimate of drug-likeness (QED) is 0.927. The van der Waals surface area contributed by atoms with Gasteiger partial charge in [-0.1, -0.05) is 47.1 Å². The van der Waals surface area contributed by atoms with E-state index < -0.39 is 0 Å². The fraction of sp³-hybridized carbons (Fsp3) is 0.429. The number of rotatable bonds is 4. The predicted molar refractivity (Wildman–Crippen MR) is 78.6 cm³/mol. The summed E-state index contributed by atoms with van der Waals surface area (Å²) in [6.07, 6.45) is 0.833. The van der Waals surface area contributed by atoms with Gasteiger partial charge in [0, 0.05) is 10.0 Å². The molecule has 0 amide bonds. The second-order valence-corrected chi connectivity index (χ2v) is 6.01. The van der Waals surface area contributed by atoms with Crippen LogP contribution in [0.15, 0.2) is 27.2 Å². The van der Waals surface area contributed by atoms with Gasteiger partial charge in [-0.05, 0) is 30.9 Å². The first-order chi connectivity index (χ1) is 8.97. The maximum Gasteiger partial charge on any atom is 0.243 e. The molecule has 0 bridgehead atoms. The summed E-state index contributed by atoms with van der Waals surface area (Å²) >= 11 is 3.50. The summed E-state index contributed by atoms with van der Waals surface area (Å²) in [4.78, 5) is 4.38. The van der Waals surface area contributed by atoms with Gasteiger partial charge in [0.2, 0.25) is 11.7 Å². The minimum Gasteiger partial charge on any atom is -0.337 e. The van der Waals surface area contributed by atoms with Gasteiger partial charge >= 0.3 is 0 Å². The largest absolute Gasteiger partial charge is 0.337 e. The molecule has 0 aliphatic rings. The molecule has 0 spiro atoms. The lowest BCUT2D eigenvalue weighted by Gasteiger charge is -2.08. The monoisotopic (exact) mass is 323 g/mol. The van der Waals surface area contributed by atoms with E-state index in [0.717, 1.165) is 16.5 Å². The lowest BCUT2D eigenvalue weighted by molar-refractivity contribution is 0.335. The van der Waals surface area contributed by atoms with Crippen molar-refractivity contribution in [3.05, 3.63) is 34.1 Å². The molecule has 0 saturated carbocycles. The molecule has 0 aliphatic carbocycles. The summed E-state index contributed by atoms with van der Waals surface area (Å²) in [6, 6.07) is 5.78. The Hall–Kier alpha value is -1.20. The van der Waals surface area contributed by atoms with Gasteiger partial charge in [-0.15, -0.1) is 0 Å². The molecule has 0 aliphatic heterocycles. The molecule has 19 heavy (non-hydrogen) atoms. The number of hydrogen-bond acceptors (Lipinski definition) is 4. The molecule has 5 heteroatoms. The summed E-state index contributed by atoms with van der Waals surface area (Å²) in [6.45, 7) is 6.27. The van der Waals surface area contributed by atoms with Crippen LogP contribution < -0.4 is 5.73 Å². The third kappa shape index (κ3) is 3.42. The lowest BCUT2D eigenvalue weighted by Crippen LogP contribution is -2.13. The van der Waals surface area contributed by atoms with E-state index in [0.29, 0.717) is 17.6 Å². The second kappa shape index (κ2) is 5.84. The first-order valence-electron chi connectivity index (χ1n) is 6.33. The van der Waals surface area contributed by atoms with E-state index in [1.807, 2.05) is 25.1 Å². The molecule has 1 heterocycles. The summed E-state index contributed by atoms with van der Waals surface area (Å²) < 4.78 is 6.28. The Bertz CT molecular complexity index is 566. The zero-order valence-corrected chi connectivity index (χ0v) is 12.9. The highest BCUT2D eigenvalue weighted by Crippen LogP contribution is 2.25. The maximum atomic E-state index is 6.04. The van der Waals surface area contributed by atoms with Gasteiger partial charge in [0.05, 0.1) is 6.04 Å². The maximum absolute atomic E-state index is 6.04. The molecule has 0 radical (unpaired) electrons. The van der Waals surface area contributed by atoms with Gasteiger partial charge in [-0.2, -0.15) is 4.98 Å². The fourth-order valence-electron chi connectivity index (χ4n) is 1.84. The van der Waals surface area contributed by atoms with Gasteiger partial charge in [0.25, 0.3) is 0 Å². The van der Waals surface area contributed by atoms with Crippen molar-refractivity contribution < 1.29 is 4.52 Å². The van der Waals surface area contributed by atoms with Crippen molar-refractivity contribution in [2.24, 2.45) is 11.7 Å². The van der Waals surface area contributed by atoms with E-state index in [9.17, 15) is 0 Å². The molecule has 1 aromatic carbocycles. The van der Waals surface area contributed by atoms with Crippen molar-refractivity contribution in [1.82, 2.24) is 10.1 Å². The Kier molecular flexibility index (Phi) is 4.37. The van der Waals surface area contributed by atoms with Crippen molar-refractivity contribution in [2.45, 2.75) is 33.2 Å². The van der Waals surface area contributed by atoms with Crippen LogP contribution in [0, 0.1) is 12.8 Å². The molecule has 0 saturated heterocycles. The molecule has 0 unspecified atom stereocenters. The molecular formula is C14H18BrN3O. The molecule has 4 nitrogen and oxygen atoms in total. The standard InChI is InChI=1S/C14H18BrN3O/c1-8(2)6-12(16)14-17-13(18-19-14)10-5-4-9(3)11(15)7-10/h4-5,7-8,12H,6,16H2,1-3H3/t12-/m0/s1. The SMILES string of the molecule is Cc1ccc(-c2noc([C@@H](N)CC(C)C)n2)cc1Br. The molecule has 2 aromatic rings. The second-order valence-electron chi connectivity index (χ2n) is 5.16. The molecular weight excluding hydrogens is 306 g/mol. The minimum absolute atomic E-state index is 0.199. The van der Waals surface area contributed by atoms with Crippen LogP contribution in [-0.2, 0) is 0 Å². The van der Waals surface area contributed by atoms with Crippen LogP contribution in [0.2, 0.25) is 0 Å². The number of benzene rings is 1. The smallest absolute Gasteiger partial charge is 0.243 e. The zero-order valence-electron chi connectivity index (χ0n) is 11.4. The first-order valence-corrected chi connectivity index (χ1v) is 7.12. The van der Waals surface area contributed by atoms with Crippen molar-refractivity contribution in [1.29, 1.82) is 0 Å². The Morgan fingerprint density at radius 2 is 2.11 bits per heavy atom. The molecule has 102 valence electrons. The summed E-state index contributed by atoms with van der Waals surface area (Å²) in [5.74, 6) is 1.58. The Morgan fingerprint density at radius 3 is 2.74 bits per heavy atom. The third-order valence-electron chi connectivity index (χ3n) is 2.91. The van der Waals surface area contributed by atoms with Gasteiger partial charge in [0.15, 0.2) is 0 Å². The van der Waals surface area contributed by atoms with E-state index in [1.54, 1.807) is 0 Å². The number of halogens is 1. The van der Waals surface area contributed by atoms with Crippen LogP contribution >= 0.6 is 15.9 Å². The average Bonchev–Trinajstić information content (AvgIpc) is 2.81. The Labute approximate surface area is 121 Å². The highest BCUT2D eigenvalue weighted by molar-refractivity contribution is 9.10. The van der Waals surface area contributed by atoms with Crippen molar-refractivity contribution in [2.75, 3.05) is 0 Å². The number of aryl methyl sites for hydroxylation is 1. The highest BCUT2D eigenvalue weighted by Gasteiger charge is 2.17. The fourth-order valence-corrected chi connectivity index (χ4v) is 2.22. The van der Waals surface area contributed by atoms with E-state index in [2.05, 4.69) is 39.9 Å². The normalized spacial score (nSPS) is 12.9. The Balaban J connectivity index is 2.22. The molecule has 0 fully saturated rings. The van der Waals surface area contributed by atoms with E-state index in [4.69, 9.17) is 10.3 Å². The molecule has 1 aromatic heterocycles. The topological polar surface area (TPSA) is 64.9 Å². The average molecular weight is 324 g/mol. The number of nitrogens with two attached hydrogens (primary N) is 1. The number of hydrogen-bond donors (Lipinski definition) is 1. The molecule has 1 atom stereocenters. The summed E-state index contributed by atoms with van der Waals surface area (Å²) in [5, 5.41) is 4.00. The summed E-state index contributed by atoms with van der Waals surface area (Å²) in [5.41, 5.74) is 8.13. The van der Waals surface area contributed by atoms with E-state index in [1.165, 1.54) is 5.56 Å². The summed E-state index contributed by atoms with van der Waals surface area (Å²) in [7, 11) is 0. The van der Waals surface area contributed by atoms with Crippen molar-refractivity contribution in [3.8, 4) is 11.4 Å². The van der Waals surface area contributed by atoms with Crippen LogP contribution in [0.5, 0.6) is 0 Å². The van der Waals surface area contributed by atoms with Crippen LogP contribution in [0.1, 0.15) is 37.8 Å². The predicted octanol–water partition coefficient (Wildman–Crippen LogP) is 3.85. The molecule has 2 N–H and O–H groups in total. The number of nitrogens with zero attached hydrogens (tertiary/aromatic N) is 2. The number of aromatic nitrogens is 2. The van der Waals surface area contributed by atoms with E-state index in [-0.39, 0.29) is 6.04 Å². The van der Waals surface area contributed by atoms with Gasteiger partial charge in [-0.25, -0.2) is 0 Å². The van der Waals surface area contributed by atoms with Crippen molar-refractivity contribution in [3.63, 3.8) is 0 Å². The van der Waals surface area contributed by atoms with E-state index >= 15 is 0 Å².